The fourth-order valence-corrected chi connectivity index (χ4v) is 2.54. The predicted molar refractivity (Wildman–Crippen MR) is 92.3 cm³/mol. The van der Waals surface area contributed by atoms with E-state index in [1.54, 1.807) is 17.9 Å². The van der Waals surface area contributed by atoms with E-state index in [4.69, 9.17) is 0 Å². The summed E-state index contributed by atoms with van der Waals surface area (Å²) in [6.45, 7) is 1.98. The van der Waals surface area contributed by atoms with Crippen LogP contribution in [-0.4, -0.2) is 10.9 Å². The summed E-state index contributed by atoms with van der Waals surface area (Å²) in [6, 6.07) is 20.7. The minimum Gasteiger partial charge on any atom is -0.304 e. The maximum atomic E-state index is 13.8. The highest BCUT2D eigenvalue weighted by Crippen LogP contribution is 2.21. The second-order valence-electron chi connectivity index (χ2n) is 5.49. The molecule has 0 spiro atoms. The summed E-state index contributed by atoms with van der Waals surface area (Å²) in [5, 5.41) is 0. The molecule has 120 valence electrons. The smallest absolute Gasteiger partial charge is 0.259 e. The topological polar surface area (TPSA) is 33.2 Å². The molecule has 0 radical (unpaired) electrons. The Balaban J connectivity index is 2.01. The number of aromatic nitrogens is 1. The summed E-state index contributed by atoms with van der Waals surface area (Å²) in [7, 11) is 0. The molecule has 1 amide bonds. The lowest BCUT2D eigenvalue weighted by atomic mass is 10.1. The summed E-state index contributed by atoms with van der Waals surface area (Å²) in [5.41, 5.74) is 2.35. The first kappa shape index (κ1) is 15.9. The first-order valence-electron chi connectivity index (χ1n) is 7.69. The highest BCUT2D eigenvalue weighted by atomic mass is 19.1. The average Bonchev–Trinajstić information content (AvgIpc) is 2.63. The number of hydrogen-bond acceptors (Lipinski definition) is 2. The molecule has 0 atom stereocenters. The molecule has 1 aromatic heterocycles. The number of pyridine rings is 1. The van der Waals surface area contributed by atoms with Gasteiger partial charge in [0.2, 0.25) is 5.95 Å². The van der Waals surface area contributed by atoms with Gasteiger partial charge in [0.25, 0.3) is 5.91 Å². The third kappa shape index (κ3) is 3.33. The van der Waals surface area contributed by atoms with Crippen molar-refractivity contribution in [2.45, 2.75) is 13.5 Å². The Morgan fingerprint density at radius 3 is 2.29 bits per heavy atom. The first-order chi connectivity index (χ1) is 11.7. The van der Waals surface area contributed by atoms with Crippen LogP contribution in [0.15, 0.2) is 72.9 Å². The molecule has 3 nitrogen and oxygen atoms in total. The molecule has 0 saturated carbocycles. The van der Waals surface area contributed by atoms with Crippen LogP contribution in [0.4, 0.5) is 10.1 Å². The van der Waals surface area contributed by atoms with Crippen molar-refractivity contribution in [1.29, 1.82) is 0 Å². The van der Waals surface area contributed by atoms with E-state index in [2.05, 4.69) is 4.98 Å². The second kappa shape index (κ2) is 7.04. The SMILES string of the molecule is Cc1c(C(=O)N(Cc2ccccc2)c2ccccc2)ccnc1F. The van der Waals surface area contributed by atoms with E-state index in [-0.39, 0.29) is 11.5 Å². The van der Waals surface area contributed by atoms with Crippen LogP contribution < -0.4 is 4.90 Å². The number of amides is 1. The van der Waals surface area contributed by atoms with Gasteiger partial charge in [0, 0.05) is 23.0 Å². The number of rotatable bonds is 4. The van der Waals surface area contributed by atoms with Crippen molar-refractivity contribution in [3.05, 3.63) is 95.6 Å². The van der Waals surface area contributed by atoms with Crippen LogP contribution >= 0.6 is 0 Å². The molecule has 4 heteroatoms. The minimum atomic E-state index is -0.617. The maximum Gasteiger partial charge on any atom is 0.259 e. The molecule has 0 aliphatic heterocycles. The Labute approximate surface area is 140 Å². The molecule has 0 N–H and O–H groups in total. The molecule has 0 saturated heterocycles. The number of carbonyl (C=O) groups excluding carboxylic acids is 1. The van der Waals surface area contributed by atoms with Crippen LogP contribution in [0.25, 0.3) is 0 Å². The van der Waals surface area contributed by atoms with Crippen molar-refractivity contribution < 1.29 is 9.18 Å². The van der Waals surface area contributed by atoms with Gasteiger partial charge in [-0.2, -0.15) is 4.39 Å². The number of carbonyl (C=O) groups is 1. The molecular formula is C20H17FN2O. The van der Waals surface area contributed by atoms with Crippen LogP contribution in [0.2, 0.25) is 0 Å². The van der Waals surface area contributed by atoms with E-state index in [9.17, 15) is 9.18 Å². The Morgan fingerprint density at radius 1 is 1.00 bits per heavy atom. The lowest BCUT2D eigenvalue weighted by Gasteiger charge is -2.24. The monoisotopic (exact) mass is 320 g/mol. The second-order valence-corrected chi connectivity index (χ2v) is 5.49. The summed E-state index contributed by atoms with van der Waals surface area (Å²) in [5.74, 6) is -0.863. The van der Waals surface area contributed by atoms with Crippen molar-refractivity contribution in [3.63, 3.8) is 0 Å². The summed E-state index contributed by atoms with van der Waals surface area (Å²) in [4.78, 5) is 18.3. The Hall–Kier alpha value is -3.01. The minimum absolute atomic E-state index is 0.246. The van der Waals surface area contributed by atoms with Gasteiger partial charge in [0.05, 0.1) is 6.54 Å². The fourth-order valence-electron chi connectivity index (χ4n) is 2.54. The molecule has 3 rings (SSSR count). The summed E-state index contributed by atoms with van der Waals surface area (Å²) in [6.07, 6.45) is 1.32. The third-order valence-electron chi connectivity index (χ3n) is 3.87. The maximum absolute atomic E-state index is 13.8. The van der Waals surface area contributed by atoms with Gasteiger partial charge in [0.1, 0.15) is 0 Å². The summed E-state index contributed by atoms with van der Waals surface area (Å²) >= 11 is 0. The average molecular weight is 320 g/mol. The van der Waals surface area contributed by atoms with Crippen molar-refractivity contribution in [2.75, 3.05) is 4.90 Å². The van der Waals surface area contributed by atoms with Gasteiger partial charge in [-0.05, 0) is 30.7 Å². The first-order valence-corrected chi connectivity index (χ1v) is 7.69. The highest BCUT2D eigenvalue weighted by molar-refractivity contribution is 6.06. The lowest BCUT2D eigenvalue weighted by Crippen LogP contribution is -2.31. The lowest BCUT2D eigenvalue weighted by molar-refractivity contribution is 0.0984. The van der Waals surface area contributed by atoms with Gasteiger partial charge in [-0.1, -0.05) is 48.5 Å². The van der Waals surface area contributed by atoms with E-state index in [1.807, 2.05) is 60.7 Å². The molecule has 0 fully saturated rings. The third-order valence-corrected chi connectivity index (χ3v) is 3.87. The number of halogens is 1. The van der Waals surface area contributed by atoms with E-state index >= 15 is 0 Å². The van der Waals surface area contributed by atoms with Gasteiger partial charge in [-0.15, -0.1) is 0 Å². The Bertz CT molecular complexity index is 835. The zero-order valence-corrected chi connectivity index (χ0v) is 13.3. The van der Waals surface area contributed by atoms with Gasteiger partial charge < -0.3 is 4.90 Å². The van der Waals surface area contributed by atoms with Crippen LogP contribution in [0.5, 0.6) is 0 Å². The predicted octanol–water partition coefficient (Wildman–Crippen LogP) is 4.38. The molecule has 0 unspecified atom stereocenters. The van der Waals surface area contributed by atoms with Crippen molar-refractivity contribution in [3.8, 4) is 0 Å². The highest BCUT2D eigenvalue weighted by Gasteiger charge is 2.21. The Kier molecular flexibility index (Phi) is 4.66. The van der Waals surface area contributed by atoms with Crippen molar-refractivity contribution in [1.82, 2.24) is 4.98 Å². The quantitative estimate of drug-likeness (QED) is 0.669. The number of benzene rings is 2. The fraction of sp³-hybridized carbons (Fsp3) is 0.100. The standard InChI is InChI=1S/C20H17FN2O/c1-15-18(12-13-22-19(15)21)20(24)23(17-10-6-3-7-11-17)14-16-8-4-2-5-9-16/h2-13H,14H2,1H3. The van der Waals surface area contributed by atoms with E-state index in [0.717, 1.165) is 11.3 Å². The van der Waals surface area contributed by atoms with E-state index in [1.165, 1.54) is 6.20 Å². The molecule has 24 heavy (non-hydrogen) atoms. The number of para-hydroxylation sites is 1. The number of hydrogen-bond donors (Lipinski definition) is 0. The molecular weight excluding hydrogens is 303 g/mol. The number of nitrogens with zero attached hydrogens (tertiary/aromatic N) is 2. The molecule has 2 aromatic carbocycles. The van der Waals surface area contributed by atoms with Gasteiger partial charge in [0.15, 0.2) is 0 Å². The normalized spacial score (nSPS) is 10.4. The molecule has 0 bridgehead atoms. The molecule has 0 aliphatic rings. The van der Waals surface area contributed by atoms with Crippen LogP contribution in [0.1, 0.15) is 21.5 Å². The molecule has 0 aliphatic carbocycles. The largest absolute Gasteiger partial charge is 0.304 e. The summed E-state index contributed by atoms with van der Waals surface area (Å²) < 4.78 is 13.8. The number of anilines is 1. The van der Waals surface area contributed by atoms with E-state index in [0.29, 0.717) is 12.1 Å². The van der Waals surface area contributed by atoms with Crippen LogP contribution in [0.3, 0.4) is 0 Å². The van der Waals surface area contributed by atoms with Crippen molar-refractivity contribution in [2.24, 2.45) is 0 Å². The Morgan fingerprint density at radius 2 is 1.62 bits per heavy atom. The molecule has 1 heterocycles. The zero-order chi connectivity index (χ0) is 16.9. The van der Waals surface area contributed by atoms with Gasteiger partial charge in [-0.25, -0.2) is 4.98 Å². The zero-order valence-electron chi connectivity index (χ0n) is 13.3. The van der Waals surface area contributed by atoms with Crippen molar-refractivity contribution >= 4 is 11.6 Å². The molecule has 3 aromatic rings. The van der Waals surface area contributed by atoms with E-state index < -0.39 is 5.95 Å². The van der Waals surface area contributed by atoms with Gasteiger partial charge in [-0.3, -0.25) is 4.79 Å². The van der Waals surface area contributed by atoms with Crippen LogP contribution in [-0.2, 0) is 6.54 Å². The van der Waals surface area contributed by atoms with Gasteiger partial charge >= 0.3 is 0 Å². The van der Waals surface area contributed by atoms with Crippen LogP contribution in [0, 0.1) is 12.9 Å².